The molecule has 1 amide bonds. The molecule has 0 aromatic heterocycles. The number of nitrogens with two attached hydrogens (primary N) is 1. The van der Waals surface area contributed by atoms with Gasteiger partial charge in [-0.15, -0.1) is 0 Å². The summed E-state index contributed by atoms with van der Waals surface area (Å²) in [5.74, 6) is -0.227. The topological polar surface area (TPSA) is 55.1 Å². The van der Waals surface area contributed by atoms with Gasteiger partial charge in [-0.25, -0.2) is 4.39 Å². The highest BCUT2D eigenvalue weighted by molar-refractivity contribution is 5.94. The van der Waals surface area contributed by atoms with E-state index in [0.717, 1.165) is 23.2 Å². The molecule has 16 heavy (non-hydrogen) atoms. The SMILES string of the molecule is NCCCc1cc(F)cc2c1NC(=O)CC2. The van der Waals surface area contributed by atoms with Crippen molar-refractivity contribution >= 4 is 11.6 Å². The van der Waals surface area contributed by atoms with Crippen LogP contribution >= 0.6 is 0 Å². The van der Waals surface area contributed by atoms with E-state index in [1.807, 2.05) is 0 Å². The first-order valence-electron chi connectivity index (χ1n) is 5.52. The average Bonchev–Trinajstić information content (AvgIpc) is 2.26. The molecule has 3 nitrogen and oxygen atoms in total. The van der Waals surface area contributed by atoms with Crippen molar-refractivity contribution < 1.29 is 9.18 Å². The number of hydrogen-bond donors (Lipinski definition) is 2. The van der Waals surface area contributed by atoms with Gasteiger partial charge in [0.15, 0.2) is 0 Å². The molecule has 0 saturated heterocycles. The van der Waals surface area contributed by atoms with Crippen molar-refractivity contribution in [3.8, 4) is 0 Å². The summed E-state index contributed by atoms with van der Waals surface area (Å²) >= 11 is 0. The molecule has 1 aromatic rings. The number of benzene rings is 1. The molecule has 86 valence electrons. The molecule has 3 N–H and O–H groups in total. The minimum atomic E-state index is -0.234. The van der Waals surface area contributed by atoms with E-state index in [-0.39, 0.29) is 11.7 Å². The van der Waals surface area contributed by atoms with Crippen LogP contribution < -0.4 is 11.1 Å². The largest absolute Gasteiger partial charge is 0.330 e. The maximum atomic E-state index is 13.3. The Labute approximate surface area is 93.8 Å². The quantitative estimate of drug-likeness (QED) is 0.816. The number of rotatable bonds is 3. The van der Waals surface area contributed by atoms with E-state index in [2.05, 4.69) is 5.32 Å². The first-order valence-corrected chi connectivity index (χ1v) is 5.52. The first-order chi connectivity index (χ1) is 7.70. The van der Waals surface area contributed by atoms with Crippen molar-refractivity contribution in [1.82, 2.24) is 0 Å². The Kier molecular flexibility index (Phi) is 3.19. The molecule has 1 aromatic carbocycles. The Morgan fingerprint density at radius 3 is 2.94 bits per heavy atom. The molecular formula is C12H15FN2O. The van der Waals surface area contributed by atoms with E-state index in [9.17, 15) is 9.18 Å². The van der Waals surface area contributed by atoms with Gasteiger partial charge in [0, 0.05) is 12.1 Å². The average molecular weight is 222 g/mol. The summed E-state index contributed by atoms with van der Waals surface area (Å²) in [5.41, 5.74) is 7.98. The van der Waals surface area contributed by atoms with Gasteiger partial charge in [0.2, 0.25) is 5.91 Å². The van der Waals surface area contributed by atoms with Crippen LogP contribution in [0.25, 0.3) is 0 Å². The van der Waals surface area contributed by atoms with Crippen LogP contribution in [0.15, 0.2) is 12.1 Å². The minimum Gasteiger partial charge on any atom is -0.330 e. The fourth-order valence-electron chi connectivity index (χ4n) is 2.02. The number of amides is 1. The van der Waals surface area contributed by atoms with Crippen molar-refractivity contribution in [2.45, 2.75) is 25.7 Å². The molecular weight excluding hydrogens is 207 g/mol. The van der Waals surface area contributed by atoms with Crippen molar-refractivity contribution in [1.29, 1.82) is 0 Å². The highest BCUT2D eigenvalue weighted by atomic mass is 19.1. The van der Waals surface area contributed by atoms with E-state index >= 15 is 0 Å². The Balaban J connectivity index is 2.35. The Morgan fingerprint density at radius 2 is 2.19 bits per heavy atom. The molecule has 4 heteroatoms. The molecule has 0 saturated carbocycles. The lowest BCUT2D eigenvalue weighted by Crippen LogP contribution is -2.21. The summed E-state index contributed by atoms with van der Waals surface area (Å²) in [4.78, 5) is 11.3. The molecule has 1 aliphatic rings. The van der Waals surface area contributed by atoms with Gasteiger partial charge in [-0.2, -0.15) is 0 Å². The number of carbonyl (C=O) groups is 1. The highest BCUT2D eigenvalue weighted by Gasteiger charge is 2.18. The molecule has 0 atom stereocenters. The lowest BCUT2D eigenvalue weighted by molar-refractivity contribution is -0.116. The zero-order chi connectivity index (χ0) is 11.5. The molecule has 0 bridgehead atoms. The summed E-state index contributed by atoms with van der Waals surface area (Å²) in [6, 6.07) is 2.99. The van der Waals surface area contributed by atoms with Gasteiger partial charge in [0.25, 0.3) is 0 Å². The fourth-order valence-corrected chi connectivity index (χ4v) is 2.02. The number of nitrogens with one attached hydrogen (secondary N) is 1. The molecule has 2 rings (SSSR count). The van der Waals surface area contributed by atoms with Crippen LogP contribution in [-0.4, -0.2) is 12.5 Å². The third kappa shape index (κ3) is 2.22. The monoisotopic (exact) mass is 222 g/mol. The first kappa shape index (κ1) is 11.1. The van der Waals surface area contributed by atoms with Crippen LogP contribution in [0, 0.1) is 5.82 Å². The van der Waals surface area contributed by atoms with Gasteiger partial charge >= 0.3 is 0 Å². The second kappa shape index (κ2) is 4.61. The Hall–Kier alpha value is -1.42. The van der Waals surface area contributed by atoms with Crippen LogP contribution in [0.3, 0.4) is 0 Å². The molecule has 0 aliphatic carbocycles. The lowest BCUT2D eigenvalue weighted by atomic mass is 9.96. The van der Waals surface area contributed by atoms with E-state index in [0.29, 0.717) is 25.8 Å². The number of halogens is 1. The van der Waals surface area contributed by atoms with Crippen molar-refractivity contribution in [2.24, 2.45) is 5.73 Å². The van der Waals surface area contributed by atoms with Crippen molar-refractivity contribution in [3.05, 3.63) is 29.1 Å². The van der Waals surface area contributed by atoms with Crippen molar-refractivity contribution in [2.75, 3.05) is 11.9 Å². The standard InChI is InChI=1S/C12H15FN2O/c13-10-6-8(2-1-5-14)12-9(7-10)3-4-11(16)15-12/h6-7H,1-5,14H2,(H,15,16). The maximum Gasteiger partial charge on any atom is 0.224 e. The third-order valence-corrected chi connectivity index (χ3v) is 2.80. The van der Waals surface area contributed by atoms with Crippen LogP contribution in [0.4, 0.5) is 10.1 Å². The van der Waals surface area contributed by atoms with E-state index < -0.39 is 0 Å². The summed E-state index contributed by atoms with van der Waals surface area (Å²) in [5, 5.41) is 2.82. The second-order valence-electron chi connectivity index (χ2n) is 4.04. The zero-order valence-corrected chi connectivity index (χ0v) is 9.05. The summed E-state index contributed by atoms with van der Waals surface area (Å²) in [7, 11) is 0. The number of carbonyl (C=O) groups excluding carboxylic acids is 1. The molecule has 0 fully saturated rings. The molecule has 0 spiro atoms. The summed E-state index contributed by atoms with van der Waals surface area (Å²) in [6.07, 6.45) is 2.56. The number of aryl methyl sites for hydroxylation is 2. The van der Waals surface area contributed by atoms with Crippen molar-refractivity contribution in [3.63, 3.8) is 0 Å². The van der Waals surface area contributed by atoms with E-state index in [1.54, 1.807) is 0 Å². The molecule has 0 radical (unpaired) electrons. The molecule has 1 heterocycles. The van der Waals surface area contributed by atoms with Crippen LogP contribution in [0.5, 0.6) is 0 Å². The second-order valence-corrected chi connectivity index (χ2v) is 4.04. The molecule has 1 aliphatic heterocycles. The van der Waals surface area contributed by atoms with E-state index in [1.165, 1.54) is 12.1 Å². The number of fused-ring (bicyclic) bond motifs is 1. The Morgan fingerprint density at radius 1 is 1.38 bits per heavy atom. The summed E-state index contributed by atoms with van der Waals surface area (Å²) < 4.78 is 13.3. The maximum absolute atomic E-state index is 13.3. The molecule has 0 unspecified atom stereocenters. The van der Waals surface area contributed by atoms with Gasteiger partial charge in [0.1, 0.15) is 5.82 Å². The predicted octanol–water partition coefficient (Wildman–Crippen LogP) is 1.60. The third-order valence-electron chi connectivity index (χ3n) is 2.80. The normalized spacial score (nSPS) is 14.5. The zero-order valence-electron chi connectivity index (χ0n) is 9.05. The number of anilines is 1. The highest BCUT2D eigenvalue weighted by Crippen LogP contribution is 2.28. The van der Waals surface area contributed by atoms with Crippen LogP contribution in [0.1, 0.15) is 24.0 Å². The lowest BCUT2D eigenvalue weighted by Gasteiger charge is -2.20. The predicted molar refractivity (Wildman–Crippen MR) is 60.7 cm³/mol. The summed E-state index contributed by atoms with van der Waals surface area (Å²) in [6.45, 7) is 0.569. The van der Waals surface area contributed by atoms with Crippen LogP contribution in [-0.2, 0) is 17.6 Å². The van der Waals surface area contributed by atoms with Gasteiger partial charge in [-0.3, -0.25) is 4.79 Å². The van der Waals surface area contributed by atoms with Gasteiger partial charge < -0.3 is 11.1 Å². The van der Waals surface area contributed by atoms with Gasteiger partial charge in [-0.1, -0.05) is 0 Å². The van der Waals surface area contributed by atoms with Gasteiger partial charge in [0.05, 0.1) is 0 Å². The number of hydrogen-bond acceptors (Lipinski definition) is 2. The minimum absolute atomic E-state index is 0.00751. The Bertz CT molecular complexity index is 418. The van der Waals surface area contributed by atoms with E-state index in [4.69, 9.17) is 5.73 Å². The van der Waals surface area contributed by atoms with Crippen LogP contribution in [0.2, 0.25) is 0 Å². The van der Waals surface area contributed by atoms with Gasteiger partial charge in [-0.05, 0) is 49.1 Å². The smallest absolute Gasteiger partial charge is 0.224 e. The fraction of sp³-hybridized carbons (Fsp3) is 0.417.